The van der Waals surface area contributed by atoms with Crippen LogP contribution in [0.4, 0.5) is 0 Å². The predicted molar refractivity (Wildman–Crippen MR) is 116 cm³/mol. The van der Waals surface area contributed by atoms with Crippen molar-refractivity contribution in [2.45, 2.75) is 38.3 Å². The predicted octanol–water partition coefficient (Wildman–Crippen LogP) is 2.12. The minimum Gasteiger partial charge on any atom is -0.493 e. The first-order valence-corrected chi connectivity index (χ1v) is 10.2. The van der Waals surface area contributed by atoms with Gasteiger partial charge in [0, 0.05) is 25.7 Å². The van der Waals surface area contributed by atoms with E-state index >= 15 is 0 Å². The molecular weight excluding hydrogens is 380 g/mol. The van der Waals surface area contributed by atoms with Crippen molar-refractivity contribution in [3.8, 4) is 11.5 Å². The highest BCUT2D eigenvalue weighted by Crippen LogP contribution is 2.38. The van der Waals surface area contributed by atoms with E-state index in [4.69, 9.17) is 33.9 Å². The van der Waals surface area contributed by atoms with Gasteiger partial charge in [-0.2, -0.15) is 0 Å². The fraction of sp³-hybridized carbons (Fsp3) is 0.579. The molecule has 0 saturated heterocycles. The van der Waals surface area contributed by atoms with Gasteiger partial charge in [0.2, 0.25) is 0 Å². The van der Waals surface area contributed by atoms with Crippen LogP contribution in [0.1, 0.15) is 36.9 Å². The molecule has 1 aliphatic carbocycles. The summed E-state index contributed by atoms with van der Waals surface area (Å²) in [5.74, 6) is 1.49. The second-order valence-electron chi connectivity index (χ2n) is 6.83. The van der Waals surface area contributed by atoms with Crippen molar-refractivity contribution in [2.24, 2.45) is 0 Å². The Hall–Kier alpha value is -1.80. The van der Waals surface area contributed by atoms with E-state index in [-0.39, 0.29) is 6.04 Å². The number of nitrogens with zero attached hydrogens (tertiary/aromatic N) is 1. The van der Waals surface area contributed by atoms with E-state index in [1.54, 1.807) is 14.2 Å². The number of rotatable bonds is 6. The molecule has 1 atom stereocenters. The second-order valence-corrected chi connectivity index (χ2v) is 7.62. The molecular formula is C19H28N4O2S2. The van der Waals surface area contributed by atoms with Crippen molar-refractivity contribution >= 4 is 34.7 Å². The lowest BCUT2D eigenvalue weighted by atomic mass is 9.92. The molecule has 6 nitrogen and oxygen atoms in total. The number of hydrogen-bond donors (Lipinski definition) is 3. The first kappa shape index (κ1) is 19.9. The molecule has 0 amide bonds. The van der Waals surface area contributed by atoms with E-state index in [9.17, 15) is 0 Å². The normalized spacial score (nSPS) is 18.3. The lowest BCUT2D eigenvalue weighted by Crippen LogP contribution is -2.50. The molecule has 0 bridgehead atoms. The molecule has 27 heavy (non-hydrogen) atoms. The summed E-state index contributed by atoms with van der Waals surface area (Å²) in [5, 5.41) is 11.5. The van der Waals surface area contributed by atoms with Crippen LogP contribution in [-0.2, 0) is 6.42 Å². The van der Waals surface area contributed by atoms with Crippen molar-refractivity contribution < 1.29 is 9.47 Å². The van der Waals surface area contributed by atoms with E-state index in [1.807, 2.05) is 0 Å². The van der Waals surface area contributed by atoms with Crippen LogP contribution in [0.5, 0.6) is 11.5 Å². The smallest absolute Gasteiger partial charge is 0.169 e. The average Bonchev–Trinajstić information content (AvgIpc) is 3.48. The highest BCUT2D eigenvalue weighted by atomic mass is 32.1. The summed E-state index contributed by atoms with van der Waals surface area (Å²) in [6, 6.07) is 4.75. The summed E-state index contributed by atoms with van der Waals surface area (Å²) in [5.41, 5.74) is 2.46. The van der Waals surface area contributed by atoms with Gasteiger partial charge in [-0.05, 0) is 73.9 Å². The Morgan fingerprint density at radius 2 is 1.85 bits per heavy atom. The Labute approximate surface area is 172 Å². The standard InChI is InChI=1S/C19H28N4O2S2/c1-4-20-19(27)23-8-7-12-9-16(24-2)17(25-3)10-14(12)15(23)11-21-18(26)22-13-5-6-13/h9-10,13,15H,4-8,11H2,1-3H3,(H,20,27)(H2,21,22,26)/t15-/m0/s1. The molecule has 2 aliphatic rings. The molecule has 3 rings (SSSR count). The second kappa shape index (κ2) is 8.93. The van der Waals surface area contributed by atoms with Crippen LogP contribution in [0.25, 0.3) is 0 Å². The van der Waals surface area contributed by atoms with Gasteiger partial charge in [-0.3, -0.25) is 0 Å². The first-order chi connectivity index (χ1) is 13.1. The van der Waals surface area contributed by atoms with E-state index in [0.29, 0.717) is 17.7 Å². The number of thiocarbonyl (C=S) groups is 2. The summed E-state index contributed by atoms with van der Waals surface area (Å²) < 4.78 is 11.0. The topological polar surface area (TPSA) is 57.8 Å². The third-order valence-electron chi connectivity index (χ3n) is 4.96. The Bertz CT molecular complexity index is 709. The minimum absolute atomic E-state index is 0.0686. The lowest BCUT2D eigenvalue weighted by Gasteiger charge is -2.39. The SMILES string of the molecule is CCNC(=S)N1CCc2cc(OC)c(OC)cc2[C@@H]1CNC(=S)NC1CC1. The van der Waals surface area contributed by atoms with Gasteiger partial charge in [0.1, 0.15) is 0 Å². The zero-order valence-electron chi connectivity index (χ0n) is 16.1. The summed E-state index contributed by atoms with van der Waals surface area (Å²) in [6.07, 6.45) is 3.30. The molecule has 1 aromatic carbocycles. The van der Waals surface area contributed by atoms with Crippen LogP contribution in [-0.4, -0.2) is 55.0 Å². The molecule has 8 heteroatoms. The van der Waals surface area contributed by atoms with Gasteiger partial charge in [-0.15, -0.1) is 0 Å². The summed E-state index contributed by atoms with van der Waals surface area (Å²) in [7, 11) is 3.33. The highest BCUT2D eigenvalue weighted by molar-refractivity contribution is 7.80. The van der Waals surface area contributed by atoms with Crippen molar-refractivity contribution in [3.63, 3.8) is 0 Å². The molecule has 3 N–H and O–H groups in total. The van der Waals surface area contributed by atoms with Gasteiger partial charge >= 0.3 is 0 Å². The summed E-state index contributed by atoms with van der Waals surface area (Å²) in [4.78, 5) is 2.24. The fourth-order valence-electron chi connectivity index (χ4n) is 3.40. The molecule has 1 aliphatic heterocycles. The van der Waals surface area contributed by atoms with Crippen LogP contribution in [0.2, 0.25) is 0 Å². The lowest BCUT2D eigenvalue weighted by molar-refractivity contribution is 0.290. The molecule has 0 aromatic heterocycles. The maximum absolute atomic E-state index is 5.63. The van der Waals surface area contributed by atoms with Crippen molar-refractivity contribution in [1.29, 1.82) is 0 Å². The minimum atomic E-state index is 0.0686. The maximum Gasteiger partial charge on any atom is 0.169 e. The number of ether oxygens (including phenoxy) is 2. The zero-order chi connectivity index (χ0) is 19.4. The highest BCUT2D eigenvalue weighted by Gasteiger charge is 2.31. The van der Waals surface area contributed by atoms with Gasteiger partial charge in [-0.1, -0.05) is 0 Å². The zero-order valence-corrected chi connectivity index (χ0v) is 17.8. The molecule has 1 heterocycles. The Kier molecular flexibility index (Phi) is 6.59. The van der Waals surface area contributed by atoms with E-state index in [1.165, 1.54) is 24.0 Å². The van der Waals surface area contributed by atoms with Crippen LogP contribution in [0.15, 0.2) is 12.1 Å². The van der Waals surface area contributed by atoms with E-state index in [0.717, 1.165) is 36.1 Å². The number of hydrogen-bond acceptors (Lipinski definition) is 4. The van der Waals surface area contributed by atoms with Crippen LogP contribution in [0, 0.1) is 0 Å². The molecule has 0 unspecified atom stereocenters. The average molecular weight is 409 g/mol. The van der Waals surface area contributed by atoms with Gasteiger partial charge < -0.3 is 30.3 Å². The summed E-state index contributed by atoms with van der Waals surface area (Å²) >= 11 is 11.1. The molecule has 0 spiro atoms. The largest absolute Gasteiger partial charge is 0.493 e. The first-order valence-electron chi connectivity index (χ1n) is 9.41. The number of methoxy groups -OCH3 is 2. The third-order valence-corrected chi connectivity index (χ3v) is 5.60. The maximum atomic E-state index is 5.63. The van der Waals surface area contributed by atoms with Crippen LogP contribution in [0.3, 0.4) is 0 Å². The number of fused-ring (bicyclic) bond motifs is 1. The van der Waals surface area contributed by atoms with Crippen LogP contribution < -0.4 is 25.4 Å². The monoisotopic (exact) mass is 408 g/mol. The van der Waals surface area contributed by atoms with Crippen molar-refractivity contribution in [3.05, 3.63) is 23.3 Å². The van der Waals surface area contributed by atoms with Gasteiger partial charge in [0.25, 0.3) is 0 Å². The van der Waals surface area contributed by atoms with Crippen molar-refractivity contribution in [1.82, 2.24) is 20.9 Å². The Morgan fingerprint density at radius 3 is 2.48 bits per heavy atom. The summed E-state index contributed by atoms with van der Waals surface area (Å²) in [6.45, 7) is 4.38. The van der Waals surface area contributed by atoms with E-state index < -0.39 is 0 Å². The Morgan fingerprint density at radius 1 is 1.15 bits per heavy atom. The fourth-order valence-corrected chi connectivity index (χ4v) is 4.01. The molecule has 1 aromatic rings. The molecule has 1 fully saturated rings. The van der Waals surface area contributed by atoms with Gasteiger partial charge in [0.05, 0.1) is 20.3 Å². The Balaban J connectivity index is 1.85. The van der Waals surface area contributed by atoms with E-state index in [2.05, 4.69) is 39.9 Å². The third kappa shape index (κ3) is 4.73. The molecule has 1 saturated carbocycles. The van der Waals surface area contributed by atoms with Gasteiger partial charge in [-0.25, -0.2) is 0 Å². The number of nitrogens with one attached hydrogen (secondary N) is 3. The number of benzene rings is 1. The molecule has 0 radical (unpaired) electrons. The van der Waals surface area contributed by atoms with Crippen LogP contribution >= 0.6 is 24.4 Å². The van der Waals surface area contributed by atoms with Crippen molar-refractivity contribution in [2.75, 3.05) is 33.9 Å². The molecule has 148 valence electrons. The van der Waals surface area contributed by atoms with Gasteiger partial charge in [0.15, 0.2) is 21.7 Å². The quantitative estimate of drug-likeness (QED) is 0.619.